The first-order valence-electron chi connectivity index (χ1n) is 5.70. The molecule has 0 spiro atoms. The highest BCUT2D eigenvalue weighted by molar-refractivity contribution is 5.91. The summed E-state index contributed by atoms with van der Waals surface area (Å²) in [4.78, 5) is 16.2. The number of aromatic nitrogens is 2. The number of aryl methyl sites for hydroxylation is 1. The average Bonchev–Trinajstić information content (AvgIpc) is 2.43. The molecule has 4 nitrogen and oxygen atoms in total. The fraction of sp³-hybridized carbons (Fsp3) is 0.0714. The lowest BCUT2D eigenvalue weighted by Gasteiger charge is -2.07. The predicted molar refractivity (Wildman–Crippen MR) is 69.1 cm³/mol. The molecule has 0 radical (unpaired) electrons. The van der Waals surface area contributed by atoms with E-state index >= 15 is 0 Å². The summed E-state index contributed by atoms with van der Waals surface area (Å²) in [5.74, 6) is -2.00. The van der Waals surface area contributed by atoms with Gasteiger partial charge in [0.1, 0.15) is 17.3 Å². The molecule has 20 heavy (non-hydrogen) atoms. The van der Waals surface area contributed by atoms with Gasteiger partial charge in [-0.2, -0.15) is 5.26 Å². The van der Waals surface area contributed by atoms with Crippen LogP contribution in [0.3, 0.4) is 0 Å². The van der Waals surface area contributed by atoms with Gasteiger partial charge < -0.3 is 4.57 Å². The van der Waals surface area contributed by atoms with Gasteiger partial charge in [0, 0.05) is 24.7 Å². The molecular weight excluding hydrogens is 264 g/mol. The van der Waals surface area contributed by atoms with E-state index < -0.39 is 17.1 Å². The third-order valence-electron chi connectivity index (χ3n) is 3.10. The van der Waals surface area contributed by atoms with E-state index in [0.717, 1.165) is 12.1 Å². The van der Waals surface area contributed by atoms with Gasteiger partial charge in [-0.3, -0.25) is 4.79 Å². The van der Waals surface area contributed by atoms with Gasteiger partial charge in [-0.05, 0) is 12.1 Å². The quantitative estimate of drug-likeness (QED) is 0.589. The number of hydrogen-bond acceptors (Lipinski definition) is 3. The lowest BCUT2D eigenvalue weighted by molar-refractivity contribution is 0.510. The van der Waals surface area contributed by atoms with E-state index in [4.69, 9.17) is 5.26 Å². The topological polar surface area (TPSA) is 58.7 Å². The standard InChI is InChI=1S/C14H7F2N3O/c1-19-6-8(5-17)13(20)9-2-7-3-10(15)11(16)4-12(7)18-14(9)19/h2-4,6H,1H3. The number of rotatable bonds is 0. The van der Waals surface area contributed by atoms with Crippen molar-refractivity contribution in [2.45, 2.75) is 0 Å². The fourth-order valence-corrected chi connectivity index (χ4v) is 2.13. The van der Waals surface area contributed by atoms with Crippen molar-refractivity contribution >= 4 is 21.9 Å². The molecule has 3 aromatic rings. The Labute approximate surface area is 111 Å². The van der Waals surface area contributed by atoms with Gasteiger partial charge in [-0.25, -0.2) is 13.8 Å². The highest BCUT2D eigenvalue weighted by Crippen LogP contribution is 2.20. The minimum Gasteiger partial charge on any atom is -0.334 e. The van der Waals surface area contributed by atoms with Crippen molar-refractivity contribution in [2.75, 3.05) is 0 Å². The van der Waals surface area contributed by atoms with Gasteiger partial charge in [0.15, 0.2) is 11.6 Å². The summed E-state index contributed by atoms with van der Waals surface area (Å²) >= 11 is 0. The molecule has 0 fully saturated rings. The highest BCUT2D eigenvalue weighted by atomic mass is 19.2. The van der Waals surface area contributed by atoms with E-state index in [-0.39, 0.29) is 16.5 Å². The Hall–Kier alpha value is -2.81. The van der Waals surface area contributed by atoms with E-state index in [1.165, 1.54) is 16.8 Å². The van der Waals surface area contributed by atoms with Crippen molar-refractivity contribution < 1.29 is 8.78 Å². The van der Waals surface area contributed by atoms with E-state index in [1.807, 2.05) is 0 Å². The van der Waals surface area contributed by atoms with Gasteiger partial charge in [0.05, 0.1) is 10.9 Å². The third-order valence-corrected chi connectivity index (χ3v) is 3.10. The number of nitriles is 1. The molecule has 0 aliphatic rings. The van der Waals surface area contributed by atoms with Crippen molar-refractivity contribution in [1.82, 2.24) is 9.55 Å². The van der Waals surface area contributed by atoms with Crippen LogP contribution in [-0.2, 0) is 7.05 Å². The van der Waals surface area contributed by atoms with Crippen LogP contribution in [0.4, 0.5) is 8.78 Å². The van der Waals surface area contributed by atoms with Crippen LogP contribution in [0.25, 0.3) is 21.9 Å². The van der Waals surface area contributed by atoms with Crippen LogP contribution >= 0.6 is 0 Å². The van der Waals surface area contributed by atoms with Crippen molar-refractivity contribution in [3.05, 3.63) is 51.8 Å². The van der Waals surface area contributed by atoms with Gasteiger partial charge in [0.2, 0.25) is 5.43 Å². The molecule has 2 aromatic heterocycles. The molecule has 3 rings (SSSR count). The molecule has 0 bridgehead atoms. The minimum atomic E-state index is -1.01. The fourth-order valence-electron chi connectivity index (χ4n) is 2.13. The smallest absolute Gasteiger partial charge is 0.208 e. The summed E-state index contributed by atoms with van der Waals surface area (Å²) in [6, 6.07) is 5.18. The Balaban J connectivity index is 2.55. The summed E-state index contributed by atoms with van der Waals surface area (Å²) in [6.45, 7) is 0. The predicted octanol–water partition coefficient (Wildman–Crippen LogP) is 2.24. The van der Waals surface area contributed by atoms with Crippen LogP contribution < -0.4 is 5.43 Å². The van der Waals surface area contributed by atoms with Gasteiger partial charge in [0.25, 0.3) is 0 Å². The van der Waals surface area contributed by atoms with Gasteiger partial charge in [-0.1, -0.05) is 0 Å². The third kappa shape index (κ3) is 1.64. The molecule has 0 saturated carbocycles. The first-order chi connectivity index (χ1) is 9.51. The Morgan fingerprint density at radius 2 is 1.95 bits per heavy atom. The zero-order valence-electron chi connectivity index (χ0n) is 10.3. The maximum Gasteiger partial charge on any atom is 0.208 e. The molecule has 2 heterocycles. The second kappa shape index (κ2) is 4.10. The van der Waals surface area contributed by atoms with Gasteiger partial charge in [-0.15, -0.1) is 0 Å². The lowest BCUT2D eigenvalue weighted by Crippen LogP contribution is -2.12. The average molecular weight is 271 g/mol. The zero-order chi connectivity index (χ0) is 14.4. The van der Waals surface area contributed by atoms with Crippen molar-refractivity contribution in [3.63, 3.8) is 0 Å². The maximum absolute atomic E-state index is 13.2. The molecule has 0 N–H and O–H groups in total. The second-order valence-electron chi connectivity index (χ2n) is 4.41. The minimum absolute atomic E-state index is 0.0243. The summed E-state index contributed by atoms with van der Waals surface area (Å²) in [5, 5.41) is 9.41. The molecule has 0 amide bonds. The molecule has 0 atom stereocenters. The van der Waals surface area contributed by atoms with Crippen LogP contribution in [0.15, 0.2) is 29.2 Å². The van der Waals surface area contributed by atoms with Crippen LogP contribution in [-0.4, -0.2) is 9.55 Å². The van der Waals surface area contributed by atoms with E-state index in [2.05, 4.69) is 4.98 Å². The van der Waals surface area contributed by atoms with E-state index in [9.17, 15) is 13.6 Å². The summed E-state index contributed by atoms with van der Waals surface area (Å²) in [5.41, 5.74) is 0.0621. The first-order valence-corrected chi connectivity index (χ1v) is 5.70. The van der Waals surface area contributed by atoms with Gasteiger partial charge >= 0.3 is 0 Å². The van der Waals surface area contributed by atoms with Crippen molar-refractivity contribution in [1.29, 1.82) is 5.26 Å². The Morgan fingerprint density at radius 1 is 1.25 bits per heavy atom. The molecule has 1 aromatic carbocycles. The van der Waals surface area contributed by atoms with Crippen molar-refractivity contribution in [2.24, 2.45) is 7.05 Å². The second-order valence-corrected chi connectivity index (χ2v) is 4.41. The molecule has 6 heteroatoms. The SMILES string of the molecule is Cn1cc(C#N)c(=O)c2cc3cc(F)c(F)cc3nc21. The lowest BCUT2D eigenvalue weighted by atomic mass is 10.1. The normalized spacial score (nSPS) is 10.9. The maximum atomic E-state index is 13.2. The summed E-state index contributed by atoms with van der Waals surface area (Å²) < 4.78 is 28.0. The molecule has 0 aliphatic heterocycles. The molecule has 0 unspecified atom stereocenters. The first kappa shape index (κ1) is 12.2. The van der Waals surface area contributed by atoms with Crippen LogP contribution in [0, 0.1) is 23.0 Å². The summed E-state index contributed by atoms with van der Waals surface area (Å²) in [6.07, 6.45) is 1.36. The molecule has 0 aliphatic carbocycles. The number of benzene rings is 1. The number of hydrogen-bond donors (Lipinski definition) is 0. The molecule has 0 saturated heterocycles. The Bertz CT molecular complexity index is 970. The largest absolute Gasteiger partial charge is 0.334 e. The number of fused-ring (bicyclic) bond motifs is 2. The Kier molecular flexibility index (Phi) is 2.51. The highest BCUT2D eigenvalue weighted by Gasteiger charge is 2.12. The summed E-state index contributed by atoms with van der Waals surface area (Å²) in [7, 11) is 1.63. The molecular formula is C14H7F2N3O. The monoisotopic (exact) mass is 271 g/mol. The van der Waals surface area contributed by atoms with Crippen LogP contribution in [0.1, 0.15) is 5.56 Å². The number of halogens is 2. The van der Waals surface area contributed by atoms with E-state index in [0.29, 0.717) is 11.0 Å². The van der Waals surface area contributed by atoms with Crippen molar-refractivity contribution in [3.8, 4) is 6.07 Å². The van der Waals surface area contributed by atoms with E-state index in [1.54, 1.807) is 13.1 Å². The number of nitrogens with zero attached hydrogens (tertiary/aromatic N) is 3. The number of pyridine rings is 2. The molecule has 98 valence electrons. The van der Waals surface area contributed by atoms with Crippen LogP contribution in [0.2, 0.25) is 0 Å². The van der Waals surface area contributed by atoms with Crippen LogP contribution in [0.5, 0.6) is 0 Å². The zero-order valence-corrected chi connectivity index (χ0v) is 10.3. The Morgan fingerprint density at radius 3 is 2.65 bits per heavy atom.